The van der Waals surface area contributed by atoms with Gasteiger partial charge in [0.15, 0.2) is 10.2 Å². The van der Waals surface area contributed by atoms with Crippen molar-refractivity contribution in [1.29, 1.82) is 0 Å². The van der Waals surface area contributed by atoms with E-state index in [1.54, 1.807) is 6.07 Å². The van der Waals surface area contributed by atoms with Gasteiger partial charge in [0.05, 0.1) is 30.0 Å². The number of morpholine rings is 1. The number of carbonyl (C=O) groups is 4. The van der Waals surface area contributed by atoms with Crippen molar-refractivity contribution in [3.05, 3.63) is 83.7 Å². The van der Waals surface area contributed by atoms with Crippen LogP contribution in [-0.4, -0.2) is 87.8 Å². The Labute approximate surface area is 303 Å². The smallest absolute Gasteiger partial charge is 0.352 e. The summed E-state index contributed by atoms with van der Waals surface area (Å²) < 4.78 is 5.42. The maximum atomic E-state index is 12.9. The van der Waals surface area contributed by atoms with Crippen LogP contribution < -0.4 is 10.6 Å². The Hall–Kier alpha value is -5.78. The molecule has 1 fully saturated rings. The minimum Gasteiger partial charge on any atom is -0.477 e. The molecule has 15 nitrogen and oxygen atoms in total. The third kappa shape index (κ3) is 6.68. The van der Waals surface area contributed by atoms with Crippen molar-refractivity contribution in [2.45, 2.75) is 35.6 Å². The lowest BCUT2D eigenvalue weighted by atomic mass is 10.1. The number of fused-ring (bicyclic) bond motifs is 4. The van der Waals surface area contributed by atoms with Crippen LogP contribution >= 0.6 is 23.5 Å². The van der Waals surface area contributed by atoms with Crippen LogP contribution in [0.25, 0.3) is 22.1 Å². The first-order valence-corrected chi connectivity index (χ1v) is 17.8. The number of benzene rings is 2. The molecule has 9 rings (SSSR count). The van der Waals surface area contributed by atoms with E-state index < -0.39 is 5.97 Å². The molecule has 1 atom stereocenters. The summed E-state index contributed by atoms with van der Waals surface area (Å²) in [5, 5.41) is 17.1. The Balaban J connectivity index is 0.000000153. The fraction of sp³-hybridized carbons (Fsp3) is 0.200. The molecule has 2 aromatic carbocycles. The van der Waals surface area contributed by atoms with Gasteiger partial charge in [0.1, 0.15) is 47.0 Å². The van der Waals surface area contributed by atoms with Crippen LogP contribution in [0.4, 0.5) is 23.0 Å². The molecule has 3 aliphatic rings. The Morgan fingerprint density at radius 3 is 1.88 bits per heavy atom. The molecule has 17 heteroatoms. The SMILES string of the molecule is C[C@@H]1COCCN1C(=O)c1cc2c(Nc3ccc4c(c3)SC(=O)C4)ncnc2[nH]1.O=C1Cc2ccc(Nc3ncnc4[nH]c(C(=O)O)cc34)cc2S1. The van der Waals surface area contributed by atoms with E-state index in [0.29, 0.717) is 66.6 Å². The van der Waals surface area contributed by atoms with Crippen molar-refractivity contribution in [2.24, 2.45) is 0 Å². The summed E-state index contributed by atoms with van der Waals surface area (Å²) in [5.41, 5.74) is 5.26. The van der Waals surface area contributed by atoms with Gasteiger partial charge in [-0.3, -0.25) is 14.4 Å². The van der Waals surface area contributed by atoms with Gasteiger partial charge in [-0.05, 0) is 54.4 Å². The van der Waals surface area contributed by atoms with Gasteiger partial charge in [-0.15, -0.1) is 0 Å². The molecule has 1 amide bonds. The van der Waals surface area contributed by atoms with Gasteiger partial charge >= 0.3 is 5.97 Å². The van der Waals surface area contributed by atoms with E-state index in [1.165, 1.54) is 42.2 Å². The molecule has 0 saturated carbocycles. The molecule has 0 bridgehead atoms. The van der Waals surface area contributed by atoms with E-state index in [-0.39, 0.29) is 27.9 Å². The van der Waals surface area contributed by atoms with E-state index in [1.807, 2.05) is 48.2 Å². The molecule has 0 unspecified atom stereocenters. The average molecular weight is 736 g/mol. The number of nitrogens with one attached hydrogen (secondary N) is 4. The largest absolute Gasteiger partial charge is 0.477 e. The third-order valence-corrected chi connectivity index (χ3v) is 10.7. The molecule has 52 heavy (non-hydrogen) atoms. The number of carboxylic acids is 1. The Morgan fingerprint density at radius 2 is 1.35 bits per heavy atom. The Morgan fingerprint density at radius 1 is 0.808 bits per heavy atom. The van der Waals surface area contributed by atoms with Gasteiger partial charge in [-0.2, -0.15) is 0 Å². The van der Waals surface area contributed by atoms with Gasteiger partial charge in [0.2, 0.25) is 0 Å². The molecule has 6 aromatic rings. The van der Waals surface area contributed by atoms with E-state index in [0.717, 1.165) is 37.7 Å². The summed E-state index contributed by atoms with van der Waals surface area (Å²) in [6.07, 6.45) is 3.75. The molecule has 1 saturated heterocycles. The minimum atomic E-state index is -1.05. The van der Waals surface area contributed by atoms with Crippen LogP contribution in [-0.2, 0) is 27.2 Å². The van der Waals surface area contributed by atoms with E-state index in [9.17, 15) is 19.2 Å². The molecular weight excluding hydrogens is 707 g/mol. The van der Waals surface area contributed by atoms with Crippen molar-refractivity contribution in [3.63, 3.8) is 0 Å². The zero-order chi connectivity index (χ0) is 35.9. The molecule has 0 spiro atoms. The number of aromatic nitrogens is 6. The highest BCUT2D eigenvalue weighted by Crippen LogP contribution is 2.37. The quantitative estimate of drug-likeness (QED) is 0.147. The average Bonchev–Trinajstić information content (AvgIpc) is 3.92. The second-order valence-electron chi connectivity index (χ2n) is 12.3. The molecule has 4 aromatic heterocycles. The van der Waals surface area contributed by atoms with Gasteiger partial charge in [-0.25, -0.2) is 24.7 Å². The zero-order valence-electron chi connectivity index (χ0n) is 27.4. The highest BCUT2D eigenvalue weighted by Gasteiger charge is 2.27. The van der Waals surface area contributed by atoms with Crippen molar-refractivity contribution in [3.8, 4) is 0 Å². The number of thioether (sulfide) groups is 2. The predicted octanol–water partition coefficient (Wildman–Crippen LogP) is 5.31. The highest BCUT2D eigenvalue weighted by atomic mass is 32.2. The lowest BCUT2D eigenvalue weighted by Gasteiger charge is -2.32. The molecule has 262 valence electrons. The van der Waals surface area contributed by atoms with Crippen molar-refractivity contribution in [1.82, 2.24) is 34.8 Å². The number of hydrogen-bond donors (Lipinski definition) is 5. The number of anilines is 4. The molecule has 7 heterocycles. The summed E-state index contributed by atoms with van der Waals surface area (Å²) in [6, 6.07) is 14.8. The van der Waals surface area contributed by atoms with Gasteiger partial charge in [0.25, 0.3) is 5.91 Å². The standard InChI is InChI=1S/C20H19N5O3S.C15H10N4O3S/c1-11-9-28-5-4-25(11)20(27)15-8-14-18(21-10-22-19(14)24-15)23-13-3-2-12-6-17(26)29-16(12)7-13;20-12-3-7-1-2-8(4-11(7)23-12)18-13-9-5-10(15(21)22)19-14(9)17-6-16-13/h2-3,7-8,10-11H,4-6,9H2,1H3,(H2,21,22,23,24);1-2,4-6H,3H2,(H,21,22)(H2,16,17,18,19)/t11-;/m1./s1. The number of nitrogens with zero attached hydrogens (tertiary/aromatic N) is 5. The zero-order valence-corrected chi connectivity index (χ0v) is 29.1. The number of hydrogen-bond acceptors (Lipinski definition) is 13. The van der Waals surface area contributed by atoms with Crippen LogP contribution in [0.3, 0.4) is 0 Å². The number of aromatic carboxylic acids is 1. The van der Waals surface area contributed by atoms with E-state index in [4.69, 9.17) is 9.84 Å². The maximum Gasteiger partial charge on any atom is 0.352 e. The second kappa shape index (κ2) is 13.7. The summed E-state index contributed by atoms with van der Waals surface area (Å²) in [6.45, 7) is 3.62. The third-order valence-electron chi connectivity index (χ3n) is 8.72. The molecule has 0 radical (unpaired) electrons. The van der Waals surface area contributed by atoms with E-state index in [2.05, 4.69) is 40.5 Å². The fourth-order valence-electron chi connectivity index (χ4n) is 6.14. The number of H-pyrrole nitrogens is 2. The first-order chi connectivity index (χ1) is 25.2. The van der Waals surface area contributed by atoms with Crippen LogP contribution in [0.1, 0.15) is 39.0 Å². The van der Waals surface area contributed by atoms with Gasteiger partial charge in [-0.1, -0.05) is 35.7 Å². The Bertz CT molecular complexity index is 2430. The van der Waals surface area contributed by atoms with Crippen molar-refractivity contribution >= 4 is 90.7 Å². The summed E-state index contributed by atoms with van der Waals surface area (Å²) in [5.74, 6) is -0.0128. The number of aromatic amines is 2. The van der Waals surface area contributed by atoms with E-state index >= 15 is 0 Å². The molecular formula is C35H29N9O6S2. The monoisotopic (exact) mass is 735 g/mol. The maximum absolute atomic E-state index is 12.9. The van der Waals surface area contributed by atoms with Gasteiger partial charge < -0.3 is 35.3 Å². The Kier molecular flexibility index (Phi) is 8.82. The lowest BCUT2D eigenvalue weighted by molar-refractivity contribution is -0.110. The highest BCUT2D eigenvalue weighted by molar-refractivity contribution is 8.14. The number of rotatable bonds is 6. The lowest BCUT2D eigenvalue weighted by Crippen LogP contribution is -2.47. The van der Waals surface area contributed by atoms with Gasteiger partial charge in [0, 0.05) is 40.6 Å². The topological polar surface area (TPSA) is 208 Å². The fourth-order valence-corrected chi connectivity index (χ4v) is 8.00. The van der Waals surface area contributed by atoms with Crippen LogP contribution in [0.2, 0.25) is 0 Å². The summed E-state index contributed by atoms with van der Waals surface area (Å²) in [7, 11) is 0. The second-order valence-corrected chi connectivity index (χ2v) is 14.5. The first-order valence-electron chi connectivity index (χ1n) is 16.2. The number of ether oxygens (including phenoxy) is 1. The van der Waals surface area contributed by atoms with Crippen molar-refractivity contribution in [2.75, 3.05) is 30.4 Å². The van der Waals surface area contributed by atoms with Crippen LogP contribution in [0.15, 0.2) is 71.0 Å². The normalized spacial score (nSPS) is 16.4. The number of amides is 1. The minimum absolute atomic E-state index is 0.0259. The first kappa shape index (κ1) is 33.4. The van der Waals surface area contributed by atoms with Crippen LogP contribution in [0, 0.1) is 0 Å². The van der Waals surface area contributed by atoms with Crippen LogP contribution in [0.5, 0.6) is 0 Å². The van der Waals surface area contributed by atoms with Crippen molar-refractivity contribution < 1.29 is 29.0 Å². The number of carboxylic acid groups (broad SMARTS) is 1. The summed E-state index contributed by atoms with van der Waals surface area (Å²) >= 11 is 2.50. The predicted molar refractivity (Wildman–Crippen MR) is 195 cm³/mol. The molecule has 5 N–H and O–H groups in total. The molecule has 3 aliphatic heterocycles. The molecule has 0 aliphatic carbocycles. The number of carbonyl (C=O) groups excluding carboxylic acids is 3. The summed E-state index contributed by atoms with van der Waals surface area (Å²) in [4.78, 5) is 73.5.